The van der Waals surface area contributed by atoms with E-state index in [0.29, 0.717) is 6.54 Å². The van der Waals surface area contributed by atoms with Gasteiger partial charge in [0.15, 0.2) is 6.54 Å². The van der Waals surface area contributed by atoms with Gasteiger partial charge >= 0.3 is 0 Å². The van der Waals surface area contributed by atoms with Crippen molar-refractivity contribution in [2.24, 2.45) is 5.10 Å². The van der Waals surface area contributed by atoms with E-state index in [9.17, 15) is 4.79 Å². The summed E-state index contributed by atoms with van der Waals surface area (Å²) in [4.78, 5) is 14.5. The first kappa shape index (κ1) is 17.9. The molecule has 1 saturated heterocycles. The molecule has 0 unspecified atom stereocenters. The minimum absolute atomic E-state index is 0.00333. The molecular weight excluding hydrogens is 334 g/mol. The maximum absolute atomic E-state index is 13.1. The lowest BCUT2D eigenvalue weighted by atomic mass is 9.97. The smallest absolute Gasteiger partial charge is 0.298 e. The monoisotopic (exact) mass is 362 g/mol. The van der Waals surface area contributed by atoms with Crippen LogP contribution < -0.4 is 4.90 Å². The highest BCUT2D eigenvalue weighted by atomic mass is 16.2. The Morgan fingerprint density at radius 3 is 2.22 bits per heavy atom. The molecule has 1 fully saturated rings. The van der Waals surface area contributed by atoms with Gasteiger partial charge in [-0.2, -0.15) is 5.10 Å². The zero-order valence-corrected chi connectivity index (χ0v) is 16.2. The molecule has 0 radical (unpaired) electrons. The quantitative estimate of drug-likeness (QED) is 0.892. The highest BCUT2D eigenvalue weighted by Gasteiger charge is 2.35. The lowest BCUT2D eigenvalue weighted by Crippen LogP contribution is -3.11. The fourth-order valence-electron chi connectivity index (χ4n) is 4.06. The number of hydrogen-bond donors (Lipinski definition) is 1. The number of benzene rings is 2. The molecular formula is C23H28N3O+. The van der Waals surface area contributed by atoms with Crippen molar-refractivity contribution in [2.75, 3.05) is 19.6 Å². The maximum Gasteiger partial charge on any atom is 0.298 e. The number of amides is 1. The summed E-state index contributed by atoms with van der Waals surface area (Å²) in [6.45, 7) is 6.93. The number of likely N-dealkylation sites (tertiary alicyclic amines) is 1. The SMILES string of the molecule is Cc1ccc(C2=NN(C(=O)C[NH+]3CCCC3)[C@@H](c3ccc(C)cc3)C2)cc1. The topological polar surface area (TPSA) is 37.1 Å². The van der Waals surface area contributed by atoms with Crippen LogP contribution in [0.1, 0.15) is 47.6 Å². The first-order valence-corrected chi connectivity index (χ1v) is 9.97. The molecule has 0 aliphatic carbocycles. The second-order valence-corrected chi connectivity index (χ2v) is 7.92. The predicted molar refractivity (Wildman–Crippen MR) is 108 cm³/mol. The van der Waals surface area contributed by atoms with Gasteiger partial charge in [0.05, 0.1) is 24.8 Å². The van der Waals surface area contributed by atoms with Crippen LogP contribution in [0.2, 0.25) is 0 Å². The van der Waals surface area contributed by atoms with Gasteiger partial charge in [0.2, 0.25) is 0 Å². The Morgan fingerprint density at radius 1 is 1.00 bits per heavy atom. The molecule has 1 amide bonds. The third kappa shape index (κ3) is 3.96. The summed E-state index contributed by atoms with van der Waals surface area (Å²) in [7, 11) is 0. The highest BCUT2D eigenvalue weighted by molar-refractivity contribution is 6.03. The Hall–Kier alpha value is -2.46. The molecule has 1 atom stereocenters. The summed E-state index contributed by atoms with van der Waals surface area (Å²) < 4.78 is 0. The predicted octanol–water partition coefficient (Wildman–Crippen LogP) is 2.66. The van der Waals surface area contributed by atoms with Crippen molar-refractivity contribution in [2.45, 2.75) is 39.2 Å². The van der Waals surface area contributed by atoms with E-state index < -0.39 is 0 Å². The lowest BCUT2D eigenvalue weighted by Gasteiger charge is -2.23. The second kappa shape index (κ2) is 7.65. The van der Waals surface area contributed by atoms with E-state index in [1.54, 1.807) is 5.01 Å². The van der Waals surface area contributed by atoms with Crippen LogP contribution in [-0.2, 0) is 4.79 Å². The molecule has 4 nitrogen and oxygen atoms in total. The number of carbonyl (C=O) groups excluding carboxylic acids is 1. The van der Waals surface area contributed by atoms with Crippen molar-refractivity contribution >= 4 is 11.6 Å². The molecule has 4 heteroatoms. The molecule has 27 heavy (non-hydrogen) atoms. The second-order valence-electron chi connectivity index (χ2n) is 7.92. The van der Waals surface area contributed by atoms with Crippen LogP contribution in [0.3, 0.4) is 0 Å². The van der Waals surface area contributed by atoms with Crippen LogP contribution in [0, 0.1) is 13.8 Å². The molecule has 0 saturated carbocycles. The summed E-state index contributed by atoms with van der Waals surface area (Å²) in [5.41, 5.74) is 5.75. The van der Waals surface area contributed by atoms with Gasteiger partial charge in [-0.15, -0.1) is 0 Å². The number of aryl methyl sites for hydroxylation is 2. The number of quaternary nitrogens is 1. The summed E-state index contributed by atoms with van der Waals surface area (Å²) in [6.07, 6.45) is 3.22. The fraction of sp³-hybridized carbons (Fsp3) is 0.391. The van der Waals surface area contributed by atoms with Crippen LogP contribution >= 0.6 is 0 Å². The maximum atomic E-state index is 13.1. The van der Waals surface area contributed by atoms with Gasteiger partial charge in [-0.25, -0.2) is 5.01 Å². The Kier molecular flexibility index (Phi) is 5.08. The number of nitrogens with one attached hydrogen (secondary N) is 1. The normalized spacial score (nSPS) is 20.1. The standard InChI is InChI=1S/C23H27N3O/c1-17-5-9-19(10-6-17)21-15-22(20-11-7-18(2)8-12-20)26(24-21)23(27)16-25-13-3-4-14-25/h5-12,22H,3-4,13-16H2,1-2H3/p+1/t22-/m1/s1. The van der Waals surface area contributed by atoms with Crippen LogP contribution in [0.15, 0.2) is 53.6 Å². The molecule has 2 aliphatic heterocycles. The van der Waals surface area contributed by atoms with Crippen LogP contribution in [-0.4, -0.2) is 36.3 Å². The Morgan fingerprint density at radius 2 is 1.59 bits per heavy atom. The molecule has 4 rings (SSSR count). The zero-order chi connectivity index (χ0) is 18.8. The van der Waals surface area contributed by atoms with Gasteiger partial charge in [-0.3, -0.25) is 4.79 Å². The van der Waals surface area contributed by atoms with Crippen molar-refractivity contribution in [1.29, 1.82) is 0 Å². The molecule has 1 N–H and O–H groups in total. The Bertz CT molecular complexity index is 833. The molecule has 0 bridgehead atoms. The third-order valence-electron chi connectivity index (χ3n) is 5.72. The average Bonchev–Trinajstić information content (AvgIpc) is 3.33. The Labute approximate surface area is 161 Å². The molecule has 0 spiro atoms. The molecule has 140 valence electrons. The van der Waals surface area contributed by atoms with E-state index >= 15 is 0 Å². The van der Waals surface area contributed by atoms with Crippen LogP contribution in [0.4, 0.5) is 0 Å². The van der Waals surface area contributed by atoms with E-state index in [-0.39, 0.29) is 11.9 Å². The van der Waals surface area contributed by atoms with Crippen molar-refractivity contribution in [1.82, 2.24) is 5.01 Å². The lowest BCUT2D eigenvalue weighted by molar-refractivity contribution is -0.879. The van der Waals surface area contributed by atoms with Crippen molar-refractivity contribution < 1.29 is 9.69 Å². The number of rotatable bonds is 4. The fourth-order valence-corrected chi connectivity index (χ4v) is 4.06. The van der Waals surface area contributed by atoms with Crippen LogP contribution in [0.5, 0.6) is 0 Å². The number of hydrazone groups is 1. The van der Waals surface area contributed by atoms with Gasteiger partial charge in [0.1, 0.15) is 0 Å². The number of carbonyl (C=O) groups is 1. The van der Waals surface area contributed by atoms with E-state index in [1.807, 2.05) is 0 Å². The average molecular weight is 362 g/mol. The van der Waals surface area contributed by atoms with Crippen molar-refractivity contribution in [3.8, 4) is 0 Å². The van der Waals surface area contributed by atoms with Gasteiger partial charge < -0.3 is 4.90 Å². The van der Waals surface area contributed by atoms with E-state index in [0.717, 1.165) is 36.3 Å². The summed E-state index contributed by atoms with van der Waals surface area (Å²) in [6, 6.07) is 16.9. The molecule has 2 aromatic rings. The summed E-state index contributed by atoms with van der Waals surface area (Å²) in [5, 5.41) is 6.55. The highest BCUT2D eigenvalue weighted by Crippen LogP contribution is 2.32. The van der Waals surface area contributed by atoms with Gasteiger partial charge in [0, 0.05) is 19.3 Å². The largest absolute Gasteiger partial charge is 0.327 e. The van der Waals surface area contributed by atoms with Crippen LogP contribution in [0.25, 0.3) is 0 Å². The van der Waals surface area contributed by atoms with Crippen molar-refractivity contribution in [3.63, 3.8) is 0 Å². The third-order valence-corrected chi connectivity index (χ3v) is 5.72. The van der Waals surface area contributed by atoms with Crippen molar-refractivity contribution in [3.05, 3.63) is 70.8 Å². The molecule has 0 aromatic heterocycles. The van der Waals surface area contributed by atoms with E-state index in [4.69, 9.17) is 5.10 Å². The minimum atomic E-state index is -0.00333. The minimum Gasteiger partial charge on any atom is -0.327 e. The molecule has 2 heterocycles. The van der Waals surface area contributed by atoms with Gasteiger partial charge in [-0.05, 0) is 25.0 Å². The summed E-state index contributed by atoms with van der Waals surface area (Å²) in [5.74, 6) is 0.139. The molecule has 2 aromatic carbocycles. The van der Waals surface area contributed by atoms with Gasteiger partial charge in [0.25, 0.3) is 5.91 Å². The first-order valence-electron chi connectivity index (χ1n) is 9.97. The van der Waals surface area contributed by atoms with E-state index in [1.165, 1.54) is 28.9 Å². The number of nitrogens with zero attached hydrogens (tertiary/aromatic N) is 2. The molecule has 2 aliphatic rings. The summed E-state index contributed by atoms with van der Waals surface area (Å²) >= 11 is 0. The Balaban J connectivity index is 1.61. The first-order chi connectivity index (χ1) is 13.1. The van der Waals surface area contributed by atoms with E-state index in [2.05, 4.69) is 62.4 Å². The number of hydrogen-bond acceptors (Lipinski definition) is 2. The zero-order valence-electron chi connectivity index (χ0n) is 16.2. The van der Waals surface area contributed by atoms with Gasteiger partial charge in [-0.1, -0.05) is 59.7 Å².